The first-order chi connectivity index (χ1) is 14.7. The van der Waals surface area contributed by atoms with Crippen molar-refractivity contribution < 1.29 is 25.4 Å². The summed E-state index contributed by atoms with van der Waals surface area (Å²) in [5.41, 5.74) is 0.837. The number of anilines is 1. The minimum Gasteiger partial charge on any atom is -0.379 e. The summed E-state index contributed by atoms with van der Waals surface area (Å²) in [7, 11) is -7.08. The van der Waals surface area contributed by atoms with E-state index in [2.05, 4.69) is 8.75 Å². The second kappa shape index (κ2) is 7.87. The lowest BCUT2D eigenvalue weighted by molar-refractivity contribution is 0.487. The van der Waals surface area contributed by atoms with Gasteiger partial charge in [0.15, 0.2) is 0 Å². The van der Waals surface area contributed by atoms with Crippen LogP contribution in [0.4, 0.5) is 10.1 Å². The molecule has 31 heavy (non-hydrogen) atoms. The Hall–Kier alpha value is -3.09. The first-order valence-corrected chi connectivity index (χ1v) is 12.3. The third kappa shape index (κ3) is 3.96. The van der Waals surface area contributed by atoms with E-state index in [1.165, 1.54) is 61.6 Å². The molecule has 0 atom stereocenters. The third-order valence-corrected chi connectivity index (χ3v) is 8.04. The number of aromatic nitrogens is 2. The summed E-state index contributed by atoms with van der Waals surface area (Å²) in [6, 6.07) is 14.9. The predicted octanol–water partition coefficient (Wildman–Crippen LogP) is 3.42. The Morgan fingerprint density at radius 1 is 0.871 bits per heavy atom. The normalized spacial score (nSPS) is 12.1. The van der Waals surface area contributed by atoms with E-state index in [1.54, 1.807) is 6.07 Å². The van der Waals surface area contributed by atoms with Crippen LogP contribution in [0.5, 0.6) is 5.75 Å². The van der Waals surface area contributed by atoms with Crippen LogP contribution < -0.4 is 8.49 Å². The molecule has 3 aromatic carbocycles. The summed E-state index contributed by atoms with van der Waals surface area (Å²) in [6.07, 6.45) is 0. The molecule has 0 saturated heterocycles. The molecule has 8 nitrogen and oxygen atoms in total. The highest BCUT2D eigenvalue weighted by atomic mass is 32.2. The largest absolute Gasteiger partial charge is 0.379 e. The maximum absolute atomic E-state index is 14.0. The molecule has 0 amide bonds. The van der Waals surface area contributed by atoms with Crippen LogP contribution in [-0.4, -0.2) is 32.6 Å². The standard InChI is InChI=1S/C19H14FN3O5S3/c1-23(30(24,25)17-7-3-2-5-15(17)20)13-9-11-14(12-10-13)28-31(26,27)18-8-4-6-16-19(18)22-29-21-16/h2-12H,1H3. The molecule has 0 unspecified atom stereocenters. The number of fused-ring (bicyclic) bond motifs is 1. The van der Waals surface area contributed by atoms with Crippen molar-refractivity contribution in [1.29, 1.82) is 0 Å². The van der Waals surface area contributed by atoms with Crippen molar-refractivity contribution in [2.45, 2.75) is 9.79 Å². The van der Waals surface area contributed by atoms with E-state index in [0.717, 1.165) is 22.1 Å². The van der Waals surface area contributed by atoms with Gasteiger partial charge < -0.3 is 4.18 Å². The Kier molecular flexibility index (Phi) is 5.37. The van der Waals surface area contributed by atoms with E-state index in [4.69, 9.17) is 4.18 Å². The van der Waals surface area contributed by atoms with Gasteiger partial charge in [-0.3, -0.25) is 4.31 Å². The minimum atomic E-state index is -4.20. The molecule has 0 radical (unpaired) electrons. The first kappa shape index (κ1) is 21.2. The van der Waals surface area contributed by atoms with Crippen molar-refractivity contribution in [2.24, 2.45) is 0 Å². The van der Waals surface area contributed by atoms with Crippen molar-refractivity contribution in [3.05, 3.63) is 72.5 Å². The summed E-state index contributed by atoms with van der Waals surface area (Å²) >= 11 is 0.887. The van der Waals surface area contributed by atoms with Crippen LogP contribution >= 0.6 is 11.7 Å². The molecule has 4 rings (SSSR count). The summed E-state index contributed by atoms with van der Waals surface area (Å²) in [5, 5.41) is 0. The highest BCUT2D eigenvalue weighted by Gasteiger charge is 2.25. The zero-order valence-corrected chi connectivity index (χ0v) is 18.3. The number of hydrogen-bond donors (Lipinski definition) is 0. The first-order valence-electron chi connectivity index (χ1n) is 8.69. The van der Waals surface area contributed by atoms with Gasteiger partial charge in [0, 0.05) is 7.05 Å². The van der Waals surface area contributed by atoms with Gasteiger partial charge in [-0.05, 0) is 48.5 Å². The van der Waals surface area contributed by atoms with Crippen LogP contribution in [0.25, 0.3) is 11.0 Å². The third-order valence-electron chi connectivity index (χ3n) is 4.40. The van der Waals surface area contributed by atoms with E-state index in [0.29, 0.717) is 5.52 Å². The van der Waals surface area contributed by atoms with Crippen LogP contribution in [0, 0.1) is 5.82 Å². The zero-order valence-electron chi connectivity index (χ0n) is 15.8. The van der Waals surface area contributed by atoms with Gasteiger partial charge in [-0.2, -0.15) is 17.2 Å². The summed E-state index contributed by atoms with van der Waals surface area (Å²) in [5.74, 6) is -0.897. The molecule has 0 aliphatic heterocycles. The number of sulfonamides is 1. The maximum atomic E-state index is 14.0. The lowest BCUT2D eigenvalue weighted by atomic mass is 10.3. The number of hydrogen-bond acceptors (Lipinski definition) is 8. The smallest absolute Gasteiger partial charge is 0.341 e. The van der Waals surface area contributed by atoms with Gasteiger partial charge in [-0.25, -0.2) is 12.8 Å². The summed E-state index contributed by atoms with van der Waals surface area (Å²) in [4.78, 5) is -0.590. The summed E-state index contributed by atoms with van der Waals surface area (Å²) in [6.45, 7) is 0. The molecule has 12 heteroatoms. The van der Waals surface area contributed by atoms with Crippen molar-refractivity contribution >= 4 is 48.6 Å². The monoisotopic (exact) mass is 479 g/mol. The molecule has 0 aliphatic rings. The van der Waals surface area contributed by atoms with Crippen molar-refractivity contribution in [2.75, 3.05) is 11.4 Å². The molecule has 0 aliphatic carbocycles. The van der Waals surface area contributed by atoms with Crippen LogP contribution in [0.1, 0.15) is 0 Å². The second-order valence-corrected chi connectivity index (χ2v) is 10.3. The van der Waals surface area contributed by atoms with E-state index < -0.39 is 30.9 Å². The molecule has 1 heterocycles. The molecular formula is C19H14FN3O5S3. The van der Waals surface area contributed by atoms with Crippen molar-refractivity contribution in [3.63, 3.8) is 0 Å². The zero-order chi connectivity index (χ0) is 22.2. The lowest BCUT2D eigenvalue weighted by Gasteiger charge is -2.20. The van der Waals surface area contributed by atoms with Crippen LogP contribution in [0.15, 0.2) is 76.5 Å². The average Bonchev–Trinajstić information content (AvgIpc) is 3.22. The molecule has 4 aromatic rings. The molecule has 0 N–H and O–H groups in total. The van der Waals surface area contributed by atoms with E-state index in [-0.39, 0.29) is 21.8 Å². The fraction of sp³-hybridized carbons (Fsp3) is 0.0526. The van der Waals surface area contributed by atoms with Crippen LogP contribution in [-0.2, 0) is 20.1 Å². The molecule has 160 valence electrons. The molecule has 0 spiro atoms. The quantitative estimate of drug-likeness (QED) is 0.390. The van der Waals surface area contributed by atoms with Crippen LogP contribution in [0.2, 0.25) is 0 Å². The Bertz CT molecular complexity index is 1470. The topological polar surface area (TPSA) is 107 Å². The minimum absolute atomic E-state index is 0.0272. The van der Waals surface area contributed by atoms with Gasteiger partial charge in [-0.1, -0.05) is 18.2 Å². The second-order valence-electron chi connectivity index (χ2n) is 6.32. The average molecular weight is 480 g/mol. The Morgan fingerprint density at radius 3 is 2.26 bits per heavy atom. The van der Waals surface area contributed by atoms with Gasteiger partial charge in [0.25, 0.3) is 10.0 Å². The number of benzene rings is 3. The number of rotatable bonds is 6. The van der Waals surface area contributed by atoms with Crippen LogP contribution in [0.3, 0.4) is 0 Å². The van der Waals surface area contributed by atoms with Crippen molar-refractivity contribution in [1.82, 2.24) is 8.75 Å². The maximum Gasteiger partial charge on any atom is 0.341 e. The van der Waals surface area contributed by atoms with E-state index in [9.17, 15) is 21.2 Å². The van der Waals surface area contributed by atoms with Gasteiger partial charge in [0.05, 0.1) is 17.4 Å². The van der Waals surface area contributed by atoms with E-state index >= 15 is 0 Å². The molecule has 0 bridgehead atoms. The molecule has 1 aromatic heterocycles. The highest BCUT2D eigenvalue weighted by Crippen LogP contribution is 2.28. The Labute approximate surface area is 182 Å². The molecular weight excluding hydrogens is 465 g/mol. The number of halogens is 1. The predicted molar refractivity (Wildman–Crippen MR) is 114 cm³/mol. The lowest BCUT2D eigenvalue weighted by Crippen LogP contribution is -2.27. The van der Waals surface area contributed by atoms with Gasteiger partial charge in [-0.15, -0.1) is 0 Å². The van der Waals surface area contributed by atoms with Gasteiger partial charge in [0.1, 0.15) is 32.4 Å². The molecule has 0 fully saturated rings. The van der Waals surface area contributed by atoms with E-state index in [1.807, 2.05) is 0 Å². The Balaban J connectivity index is 1.60. The SMILES string of the molecule is CN(c1ccc(OS(=O)(=O)c2cccc3nsnc23)cc1)S(=O)(=O)c1ccccc1F. The summed E-state index contributed by atoms with van der Waals surface area (Å²) < 4.78 is 78.8. The fourth-order valence-electron chi connectivity index (χ4n) is 2.81. The van der Waals surface area contributed by atoms with Gasteiger partial charge >= 0.3 is 10.1 Å². The van der Waals surface area contributed by atoms with Gasteiger partial charge in [0.2, 0.25) is 0 Å². The molecule has 0 saturated carbocycles. The van der Waals surface area contributed by atoms with Crippen molar-refractivity contribution in [3.8, 4) is 5.75 Å². The Morgan fingerprint density at radius 2 is 1.55 bits per heavy atom. The highest BCUT2D eigenvalue weighted by molar-refractivity contribution is 7.92. The number of nitrogens with zero attached hydrogens (tertiary/aromatic N) is 3. The fourth-order valence-corrected chi connectivity index (χ4v) is 5.76.